The zero-order valence-electron chi connectivity index (χ0n) is 10.2. The van der Waals surface area contributed by atoms with Gasteiger partial charge in [0.25, 0.3) is 0 Å². The normalized spacial score (nSPS) is 12.7. The summed E-state index contributed by atoms with van der Waals surface area (Å²) < 4.78 is 0. The van der Waals surface area contributed by atoms with Crippen LogP contribution >= 0.6 is 11.3 Å². The summed E-state index contributed by atoms with van der Waals surface area (Å²) in [7, 11) is 0. The van der Waals surface area contributed by atoms with E-state index in [1.807, 2.05) is 11.4 Å². The van der Waals surface area contributed by atoms with Crippen molar-refractivity contribution in [3.63, 3.8) is 0 Å². The van der Waals surface area contributed by atoms with Crippen LogP contribution in [0, 0.1) is 11.8 Å². The Morgan fingerprint density at radius 3 is 2.07 bits per heavy atom. The number of rotatable bonds is 5. The van der Waals surface area contributed by atoms with E-state index in [9.17, 15) is 5.11 Å². The molecule has 0 fully saturated rings. The molecule has 1 rings (SSSR count). The van der Waals surface area contributed by atoms with Crippen molar-refractivity contribution < 1.29 is 5.11 Å². The highest BCUT2D eigenvalue weighted by Gasteiger charge is 2.31. The Hall–Kier alpha value is -0.340. The molecule has 0 saturated carbocycles. The van der Waals surface area contributed by atoms with Crippen LogP contribution in [0.2, 0.25) is 0 Å². The lowest BCUT2D eigenvalue weighted by atomic mass is 9.84. The monoisotopic (exact) mass is 226 g/mol. The van der Waals surface area contributed by atoms with E-state index in [0.29, 0.717) is 11.8 Å². The van der Waals surface area contributed by atoms with Gasteiger partial charge in [0.15, 0.2) is 0 Å². The molecule has 0 unspecified atom stereocenters. The second-order valence-electron chi connectivity index (χ2n) is 5.20. The van der Waals surface area contributed by atoms with Gasteiger partial charge in [0.1, 0.15) is 0 Å². The molecule has 1 nitrogen and oxygen atoms in total. The van der Waals surface area contributed by atoms with Gasteiger partial charge < -0.3 is 5.11 Å². The summed E-state index contributed by atoms with van der Waals surface area (Å²) in [5.41, 5.74) is -0.615. The highest BCUT2D eigenvalue weighted by atomic mass is 32.1. The Balaban J connectivity index is 2.85. The van der Waals surface area contributed by atoms with E-state index >= 15 is 0 Å². The van der Waals surface area contributed by atoms with Crippen LogP contribution in [-0.2, 0) is 5.60 Å². The Kier molecular flexibility index (Phi) is 4.35. The molecule has 0 radical (unpaired) electrons. The van der Waals surface area contributed by atoms with Crippen LogP contribution in [0.1, 0.15) is 45.4 Å². The number of hydrogen-bond acceptors (Lipinski definition) is 2. The molecule has 0 bridgehead atoms. The summed E-state index contributed by atoms with van der Waals surface area (Å²) in [6.07, 6.45) is 1.71. The van der Waals surface area contributed by atoms with Crippen molar-refractivity contribution in [1.29, 1.82) is 0 Å². The second kappa shape index (κ2) is 5.13. The summed E-state index contributed by atoms with van der Waals surface area (Å²) in [6.45, 7) is 8.66. The average molecular weight is 226 g/mol. The van der Waals surface area contributed by atoms with E-state index in [1.165, 1.54) is 0 Å². The maximum Gasteiger partial charge on any atom is 0.0992 e. The van der Waals surface area contributed by atoms with E-state index in [2.05, 4.69) is 33.8 Å². The Morgan fingerprint density at radius 2 is 1.73 bits per heavy atom. The largest absolute Gasteiger partial charge is 0.384 e. The van der Waals surface area contributed by atoms with Crippen LogP contribution in [0.3, 0.4) is 0 Å². The predicted octanol–water partition coefficient (Wildman–Crippen LogP) is 4.03. The number of aliphatic hydroxyl groups is 1. The molecule has 0 saturated heterocycles. The van der Waals surface area contributed by atoms with Crippen LogP contribution < -0.4 is 0 Å². The van der Waals surface area contributed by atoms with Crippen LogP contribution in [0.25, 0.3) is 0 Å². The van der Waals surface area contributed by atoms with Crippen LogP contribution in [0.15, 0.2) is 17.5 Å². The molecule has 0 aliphatic carbocycles. The molecule has 86 valence electrons. The first-order valence-electron chi connectivity index (χ1n) is 5.70. The summed E-state index contributed by atoms with van der Waals surface area (Å²) in [6, 6.07) is 4.07. The van der Waals surface area contributed by atoms with Crippen molar-refractivity contribution in [3.05, 3.63) is 22.4 Å². The number of hydrogen-bond donors (Lipinski definition) is 1. The van der Waals surface area contributed by atoms with Gasteiger partial charge in [-0.25, -0.2) is 0 Å². The molecule has 1 heterocycles. The maximum absolute atomic E-state index is 10.7. The van der Waals surface area contributed by atoms with E-state index in [1.54, 1.807) is 11.3 Å². The van der Waals surface area contributed by atoms with Gasteiger partial charge in [0.2, 0.25) is 0 Å². The van der Waals surface area contributed by atoms with Gasteiger partial charge in [-0.05, 0) is 36.1 Å². The zero-order valence-corrected chi connectivity index (χ0v) is 11.0. The Bertz CT molecular complexity index is 265. The van der Waals surface area contributed by atoms with Crippen LogP contribution in [-0.4, -0.2) is 5.11 Å². The first-order valence-corrected chi connectivity index (χ1v) is 6.58. The molecular weight excluding hydrogens is 204 g/mol. The minimum Gasteiger partial charge on any atom is -0.384 e. The summed E-state index contributed by atoms with van der Waals surface area (Å²) in [4.78, 5) is 1.12. The van der Waals surface area contributed by atoms with Crippen molar-refractivity contribution in [2.24, 2.45) is 11.8 Å². The van der Waals surface area contributed by atoms with Gasteiger partial charge in [-0.1, -0.05) is 33.8 Å². The second-order valence-corrected chi connectivity index (χ2v) is 6.15. The zero-order chi connectivity index (χ0) is 11.5. The lowest BCUT2D eigenvalue weighted by Gasteiger charge is -2.30. The molecule has 0 atom stereocenters. The first-order chi connectivity index (χ1) is 6.94. The first kappa shape index (κ1) is 12.7. The highest BCUT2D eigenvalue weighted by Crippen LogP contribution is 2.37. The van der Waals surface area contributed by atoms with Crippen LogP contribution in [0.4, 0.5) is 0 Å². The molecule has 0 spiro atoms. The molecular formula is C13H22OS. The van der Waals surface area contributed by atoms with Crippen molar-refractivity contribution in [2.75, 3.05) is 0 Å². The van der Waals surface area contributed by atoms with Crippen molar-refractivity contribution in [2.45, 2.75) is 46.1 Å². The fourth-order valence-corrected chi connectivity index (χ4v) is 3.03. The summed E-state index contributed by atoms with van der Waals surface area (Å²) in [5, 5.41) is 12.8. The minimum atomic E-state index is -0.615. The fourth-order valence-electron chi connectivity index (χ4n) is 2.18. The quantitative estimate of drug-likeness (QED) is 0.803. The van der Waals surface area contributed by atoms with E-state index in [-0.39, 0.29) is 0 Å². The van der Waals surface area contributed by atoms with Crippen molar-refractivity contribution >= 4 is 11.3 Å². The third-order valence-corrected chi connectivity index (χ3v) is 3.53. The predicted molar refractivity (Wildman–Crippen MR) is 67.1 cm³/mol. The minimum absolute atomic E-state index is 0.524. The number of thiophene rings is 1. The molecule has 0 amide bonds. The topological polar surface area (TPSA) is 20.2 Å². The standard InChI is InChI=1S/C13H22OS/c1-10(2)8-13(14,9-11(3)4)12-6-5-7-15-12/h5-7,10-11,14H,8-9H2,1-4H3. The molecule has 0 aromatic carbocycles. The molecule has 2 heteroatoms. The molecule has 0 aliphatic rings. The van der Waals surface area contributed by atoms with Gasteiger partial charge in [-0.2, -0.15) is 0 Å². The fraction of sp³-hybridized carbons (Fsp3) is 0.692. The molecule has 1 aromatic rings. The third kappa shape index (κ3) is 3.62. The van der Waals surface area contributed by atoms with Gasteiger partial charge >= 0.3 is 0 Å². The molecule has 15 heavy (non-hydrogen) atoms. The van der Waals surface area contributed by atoms with Crippen LogP contribution in [0.5, 0.6) is 0 Å². The Morgan fingerprint density at radius 1 is 1.20 bits per heavy atom. The van der Waals surface area contributed by atoms with Gasteiger partial charge in [0.05, 0.1) is 5.60 Å². The molecule has 0 aliphatic heterocycles. The average Bonchev–Trinajstić information content (AvgIpc) is 2.51. The van der Waals surface area contributed by atoms with E-state index in [4.69, 9.17) is 0 Å². The highest BCUT2D eigenvalue weighted by molar-refractivity contribution is 7.10. The summed E-state index contributed by atoms with van der Waals surface area (Å²) in [5.74, 6) is 1.05. The van der Waals surface area contributed by atoms with E-state index < -0.39 is 5.60 Å². The molecule has 1 N–H and O–H groups in total. The third-order valence-electron chi connectivity index (χ3n) is 2.47. The van der Waals surface area contributed by atoms with Gasteiger partial charge in [-0.3, -0.25) is 0 Å². The van der Waals surface area contributed by atoms with Crippen molar-refractivity contribution in [3.8, 4) is 0 Å². The van der Waals surface area contributed by atoms with Gasteiger partial charge in [0, 0.05) is 4.88 Å². The maximum atomic E-state index is 10.7. The molecule has 1 aromatic heterocycles. The Labute approximate surface area is 97.2 Å². The lowest BCUT2D eigenvalue weighted by Crippen LogP contribution is -2.28. The van der Waals surface area contributed by atoms with Gasteiger partial charge in [-0.15, -0.1) is 11.3 Å². The lowest BCUT2D eigenvalue weighted by molar-refractivity contribution is -0.00107. The van der Waals surface area contributed by atoms with Crippen molar-refractivity contribution in [1.82, 2.24) is 0 Å². The van der Waals surface area contributed by atoms with E-state index in [0.717, 1.165) is 17.7 Å². The summed E-state index contributed by atoms with van der Waals surface area (Å²) >= 11 is 1.66. The smallest absolute Gasteiger partial charge is 0.0992 e. The SMILES string of the molecule is CC(C)CC(O)(CC(C)C)c1cccs1.